The second-order valence-electron chi connectivity index (χ2n) is 3.65. The first-order chi connectivity index (χ1) is 8.26. The van der Waals surface area contributed by atoms with Gasteiger partial charge in [-0.2, -0.15) is 0 Å². The fourth-order valence-corrected chi connectivity index (χ4v) is 1.41. The summed E-state index contributed by atoms with van der Waals surface area (Å²) in [4.78, 5) is 7.39. The molecule has 1 aromatic carbocycles. The van der Waals surface area contributed by atoms with Gasteiger partial charge in [0.1, 0.15) is 12.4 Å². The van der Waals surface area contributed by atoms with Crippen LogP contribution in [0.5, 0.6) is 0 Å². The lowest BCUT2D eigenvalue weighted by molar-refractivity contribution is 0.115. The van der Waals surface area contributed by atoms with Crippen molar-refractivity contribution in [3.8, 4) is 0 Å². The highest BCUT2D eigenvalue weighted by atomic mass is 19.1. The van der Waals surface area contributed by atoms with Gasteiger partial charge in [0.15, 0.2) is 0 Å². The molecule has 0 saturated carbocycles. The Morgan fingerprint density at radius 2 is 1.88 bits per heavy atom. The summed E-state index contributed by atoms with van der Waals surface area (Å²) in [7, 11) is 0. The zero-order chi connectivity index (χ0) is 12.5. The van der Waals surface area contributed by atoms with Crippen molar-refractivity contribution in [3.63, 3.8) is 0 Å². The largest absolute Gasteiger partial charge is 0.394 e. The van der Waals surface area contributed by atoms with Gasteiger partial charge in [0.25, 0.3) is 0 Å². The van der Waals surface area contributed by atoms with Crippen LogP contribution in [0.25, 0.3) is 0 Å². The second-order valence-corrected chi connectivity index (χ2v) is 3.65. The molecule has 0 radical (unpaired) electrons. The monoisotopic (exact) mass is 238 g/mol. The quantitative estimate of drug-likeness (QED) is 0.414. The predicted molar refractivity (Wildman–Crippen MR) is 67.7 cm³/mol. The topological polar surface area (TPSA) is 24.8 Å². The van der Waals surface area contributed by atoms with Crippen molar-refractivity contribution in [1.82, 2.24) is 4.90 Å². The third-order valence-electron chi connectivity index (χ3n) is 2.54. The minimum Gasteiger partial charge on any atom is -0.394 e. The molecule has 0 fully saturated rings. The van der Waals surface area contributed by atoms with Crippen LogP contribution in [0.1, 0.15) is 19.4 Å². The van der Waals surface area contributed by atoms with Gasteiger partial charge < -0.3 is 9.74 Å². The number of hydrogen-bond acceptors (Lipinski definition) is 3. The summed E-state index contributed by atoms with van der Waals surface area (Å²) in [5.41, 5.74) is 0.828. The average molecular weight is 238 g/mol. The van der Waals surface area contributed by atoms with Crippen molar-refractivity contribution in [2.24, 2.45) is 5.16 Å². The standard InChI is InChI=1S/C13H19FN2O/c1-3-16(4-2)9-10-17-15-11-12-5-7-13(14)8-6-12/h5-8,11H,3-4,9-10H2,1-2H3/b15-11+. The average Bonchev–Trinajstić information content (AvgIpc) is 2.36. The number of hydrogen-bond donors (Lipinski definition) is 0. The van der Waals surface area contributed by atoms with Crippen molar-refractivity contribution in [1.29, 1.82) is 0 Å². The molecule has 0 atom stereocenters. The van der Waals surface area contributed by atoms with Gasteiger partial charge in [0.2, 0.25) is 0 Å². The molecule has 0 saturated heterocycles. The number of oxime groups is 1. The van der Waals surface area contributed by atoms with Gasteiger partial charge in [-0.05, 0) is 30.8 Å². The van der Waals surface area contributed by atoms with E-state index < -0.39 is 0 Å². The van der Waals surface area contributed by atoms with E-state index >= 15 is 0 Å². The summed E-state index contributed by atoms with van der Waals surface area (Å²) in [5, 5.41) is 3.84. The van der Waals surface area contributed by atoms with Crippen LogP contribution in [0.2, 0.25) is 0 Å². The molecule has 94 valence electrons. The normalized spacial score (nSPS) is 11.3. The van der Waals surface area contributed by atoms with Crippen molar-refractivity contribution >= 4 is 6.21 Å². The fourth-order valence-electron chi connectivity index (χ4n) is 1.41. The van der Waals surface area contributed by atoms with Gasteiger partial charge in [-0.15, -0.1) is 0 Å². The van der Waals surface area contributed by atoms with Crippen LogP contribution in [0.3, 0.4) is 0 Å². The summed E-state index contributed by atoms with van der Waals surface area (Å²) < 4.78 is 12.6. The summed E-state index contributed by atoms with van der Waals surface area (Å²) in [6.07, 6.45) is 1.58. The number of likely N-dealkylation sites (N-methyl/N-ethyl adjacent to an activating group) is 1. The van der Waals surface area contributed by atoms with E-state index in [0.717, 1.165) is 25.2 Å². The first kappa shape index (κ1) is 13.6. The Morgan fingerprint density at radius 1 is 1.24 bits per heavy atom. The van der Waals surface area contributed by atoms with E-state index in [2.05, 4.69) is 23.9 Å². The van der Waals surface area contributed by atoms with Crippen LogP contribution in [-0.4, -0.2) is 37.4 Å². The molecule has 0 aromatic heterocycles. The van der Waals surface area contributed by atoms with Gasteiger partial charge in [-0.1, -0.05) is 31.1 Å². The zero-order valence-electron chi connectivity index (χ0n) is 10.4. The molecule has 0 aliphatic carbocycles. The third kappa shape index (κ3) is 5.45. The predicted octanol–water partition coefficient (Wildman–Crippen LogP) is 2.52. The van der Waals surface area contributed by atoms with E-state index in [1.54, 1.807) is 18.3 Å². The van der Waals surface area contributed by atoms with Crippen LogP contribution in [0, 0.1) is 5.82 Å². The second kappa shape index (κ2) is 7.79. The molecule has 0 unspecified atom stereocenters. The summed E-state index contributed by atoms with van der Waals surface area (Å²) in [6.45, 7) is 7.70. The first-order valence-electron chi connectivity index (χ1n) is 5.89. The van der Waals surface area contributed by atoms with E-state index in [1.807, 2.05) is 0 Å². The van der Waals surface area contributed by atoms with Crippen LogP contribution in [0.4, 0.5) is 4.39 Å². The van der Waals surface area contributed by atoms with E-state index in [4.69, 9.17) is 4.84 Å². The highest BCUT2D eigenvalue weighted by Gasteiger charge is 1.97. The molecule has 1 rings (SSSR count). The van der Waals surface area contributed by atoms with Crippen molar-refractivity contribution in [2.75, 3.05) is 26.2 Å². The van der Waals surface area contributed by atoms with Gasteiger partial charge >= 0.3 is 0 Å². The molecular formula is C13H19FN2O. The van der Waals surface area contributed by atoms with Crippen molar-refractivity contribution in [2.45, 2.75) is 13.8 Å². The Hall–Kier alpha value is -1.42. The Morgan fingerprint density at radius 3 is 2.47 bits per heavy atom. The Bertz CT molecular complexity index is 334. The molecule has 0 N–H and O–H groups in total. The van der Waals surface area contributed by atoms with E-state index in [9.17, 15) is 4.39 Å². The molecule has 0 heterocycles. The number of halogens is 1. The van der Waals surface area contributed by atoms with Crippen molar-refractivity contribution < 1.29 is 9.23 Å². The Balaban J connectivity index is 2.24. The molecule has 0 aliphatic heterocycles. The third-order valence-corrected chi connectivity index (χ3v) is 2.54. The molecule has 3 nitrogen and oxygen atoms in total. The van der Waals surface area contributed by atoms with Gasteiger partial charge in [0, 0.05) is 6.54 Å². The summed E-state index contributed by atoms with van der Waals surface area (Å²) in [6, 6.07) is 6.12. The highest BCUT2D eigenvalue weighted by molar-refractivity contribution is 5.78. The number of rotatable bonds is 7. The van der Waals surface area contributed by atoms with Gasteiger partial charge in [-0.25, -0.2) is 4.39 Å². The van der Waals surface area contributed by atoms with Crippen LogP contribution in [-0.2, 0) is 4.84 Å². The van der Waals surface area contributed by atoms with Crippen LogP contribution >= 0.6 is 0 Å². The number of nitrogens with zero attached hydrogens (tertiary/aromatic N) is 2. The Kier molecular flexibility index (Phi) is 6.25. The smallest absolute Gasteiger partial charge is 0.129 e. The van der Waals surface area contributed by atoms with E-state index in [1.165, 1.54) is 12.1 Å². The lowest BCUT2D eigenvalue weighted by Gasteiger charge is -2.16. The molecule has 0 amide bonds. The van der Waals surface area contributed by atoms with E-state index in [-0.39, 0.29) is 5.82 Å². The first-order valence-corrected chi connectivity index (χ1v) is 5.89. The van der Waals surface area contributed by atoms with Crippen LogP contribution < -0.4 is 0 Å². The minimum atomic E-state index is -0.246. The van der Waals surface area contributed by atoms with Gasteiger partial charge in [0.05, 0.1) is 6.21 Å². The maximum absolute atomic E-state index is 12.6. The summed E-state index contributed by atoms with van der Waals surface area (Å²) >= 11 is 0. The Labute approximate surface area is 102 Å². The molecule has 4 heteroatoms. The molecule has 1 aromatic rings. The van der Waals surface area contributed by atoms with Crippen molar-refractivity contribution in [3.05, 3.63) is 35.6 Å². The van der Waals surface area contributed by atoms with Crippen LogP contribution in [0.15, 0.2) is 29.4 Å². The van der Waals surface area contributed by atoms with Gasteiger partial charge in [-0.3, -0.25) is 0 Å². The lowest BCUT2D eigenvalue weighted by Crippen LogP contribution is -2.26. The maximum Gasteiger partial charge on any atom is 0.129 e. The number of benzene rings is 1. The molecule has 0 bridgehead atoms. The molecule has 0 aliphatic rings. The minimum absolute atomic E-state index is 0.246. The summed E-state index contributed by atoms with van der Waals surface area (Å²) in [5.74, 6) is -0.246. The molecule has 17 heavy (non-hydrogen) atoms. The van der Waals surface area contributed by atoms with E-state index in [0.29, 0.717) is 6.61 Å². The molecular weight excluding hydrogens is 219 g/mol. The highest BCUT2D eigenvalue weighted by Crippen LogP contribution is 1.99. The lowest BCUT2D eigenvalue weighted by atomic mass is 10.2. The molecule has 0 spiro atoms. The zero-order valence-corrected chi connectivity index (χ0v) is 10.4. The SMILES string of the molecule is CCN(CC)CCO/N=C/c1ccc(F)cc1. The maximum atomic E-state index is 12.6. The fraction of sp³-hybridized carbons (Fsp3) is 0.462.